The number of hydrogen-bond donors (Lipinski definition) is 1. The first kappa shape index (κ1) is 11.7. The predicted molar refractivity (Wildman–Crippen MR) is 68.5 cm³/mol. The molecule has 4 nitrogen and oxygen atoms in total. The zero-order valence-electron chi connectivity index (χ0n) is 10.1. The van der Waals surface area contributed by atoms with Crippen LogP contribution < -0.4 is 11.4 Å². The first-order chi connectivity index (χ1) is 8.13. The summed E-state index contributed by atoms with van der Waals surface area (Å²) in [5, 5.41) is 0. The zero-order valence-corrected chi connectivity index (χ0v) is 10.1. The highest BCUT2D eigenvalue weighted by molar-refractivity contribution is 5.35. The second-order valence-corrected chi connectivity index (χ2v) is 4.29. The van der Waals surface area contributed by atoms with Crippen LogP contribution in [0.2, 0.25) is 0 Å². The molecule has 90 valence electrons. The number of nitrogens with zero attached hydrogens (tertiary/aromatic N) is 2. The Kier molecular flexibility index (Phi) is 3.15. The molecule has 1 aromatic carbocycles. The molecule has 0 aliphatic heterocycles. The number of nitrogens with two attached hydrogens (primary N) is 1. The predicted octanol–water partition coefficient (Wildman–Crippen LogP) is 1.24. The number of hydrogen-bond acceptors (Lipinski definition) is 2. The lowest BCUT2D eigenvalue weighted by Gasteiger charge is -2.09. The lowest BCUT2D eigenvalue weighted by atomic mass is 10.0. The Bertz CT molecular complexity index is 551. The molecule has 0 aliphatic carbocycles. The van der Waals surface area contributed by atoms with Crippen molar-refractivity contribution in [1.82, 2.24) is 9.13 Å². The molecule has 2 aromatic rings. The van der Waals surface area contributed by atoms with Gasteiger partial charge in [-0.3, -0.25) is 4.57 Å². The van der Waals surface area contributed by atoms with E-state index < -0.39 is 0 Å². The first-order valence-corrected chi connectivity index (χ1v) is 5.68. The number of imidazole rings is 1. The maximum atomic E-state index is 11.8. The van der Waals surface area contributed by atoms with Crippen LogP contribution in [0.15, 0.2) is 41.5 Å². The van der Waals surface area contributed by atoms with Crippen molar-refractivity contribution >= 4 is 0 Å². The lowest BCUT2D eigenvalue weighted by molar-refractivity contribution is 0.772. The number of benzene rings is 1. The molecular weight excluding hydrogens is 214 g/mol. The minimum absolute atomic E-state index is 0.0374. The van der Waals surface area contributed by atoms with Crippen LogP contribution in [0.5, 0.6) is 0 Å². The fourth-order valence-electron chi connectivity index (χ4n) is 1.76. The van der Waals surface area contributed by atoms with E-state index in [-0.39, 0.29) is 5.69 Å². The standard InChI is InChI=1S/C13H17N3O/c1-10(9-14)11-3-5-12(6-4-11)16-8-7-15(2)13(16)17/h3-8,10H,9,14H2,1-2H3. The van der Waals surface area contributed by atoms with Crippen LogP contribution in [0.25, 0.3) is 5.69 Å². The van der Waals surface area contributed by atoms with Crippen LogP contribution in [0, 0.1) is 0 Å². The summed E-state index contributed by atoms with van der Waals surface area (Å²) in [7, 11) is 1.74. The van der Waals surface area contributed by atoms with E-state index in [0.717, 1.165) is 5.69 Å². The molecule has 17 heavy (non-hydrogen) atoms. The number of aromatic nitrogens is 2. The Morgan fingerprint density at radius 2 is 1.88 bits per heavy atom. The van der Waals surface area contributed by atoms with Gasteiger partial charge in [-0.05, 0) is 30.2 Å². The van der Waals surface area contributed by atoms with Gasteiger partial charge in [0.15, 0.2) is 0 Å². The highest BCUT2D eigenvalue weighted by atomic mass is 16.1. The van der Waals surface area contributed by atoms with Crippen molar-refractivity contribution in [3.63, 3.8) is 0 Å². The van der Waals surface area contributed by atoms with Gasteiger partial charge in [0.1, 0.15) is 0 Å². The molecule has 2 rings (SSSR count). The van der Waals surface area contributed by atoms with Gasteiger partial charge in [-0.2, -0.15) is 0 Å². The van der Waals surface area contributed by atoms with Crippen molar-refractivity contribution < 1.29 is 0 Å². The van der Waals surface area contributed by atoms with Crippen LogP contribution >= 0.6 is 0 Å². The molecule has 0 spiro atoms. The van der Waals surface area contributed by atoms with Crippen molar-refractivity contribution in [3.8, 4) is 5.69 Å². The number of aryl methyl sites for hydroxylation is 1. The Labute approximate surface area is 100 Å². The molecule has 0 radical (unpaired) electrons. The minimum atomic E-state index is -0.0374. The molecule has 0 saturated heterocycles. The Morgan fingerprint density at radius 3 is 2.35 bits per heavy atom. The maximum absolute atomic E-state index is 11.8. The largest absolute Gasteiger partial charge is 0.332 e. The summed E-state index contributed by atoms with van der Waals surface area (Å²) in [5.41, 5.74) is 7.66. The third kappa shape index (κ3) is 2.17. The molecule has 0 bridgehead atoms. The van der Waals surface area contributed by atoms with Gasteiger partial charge in [-0.15, -0.1) is 0 Å². The molecule has 1 atom stereocenters. The van der Waals surface area contributed by atoms with E-state index in [2.05, 4.69) is 6.92 Å². The van der Waals surface area contributed by atoms with E-state index in [4.69, 9.17) is 5.73 Å². The normalized spacial score (nSPS) is 12.6. The van der Waals surface area contributed by atoms with E-state index in [0.29, 0.717) is 12.5 Å². The fourth-order valence-corrected chi connectivity index (χ4v) is 1.76. The zero-order chi connectivity index (χ0) is 12.4. The van der Waals surface area contributed by atoms with Crippen molar-refractivity contribution in [2.45, 2.75) is 12.8 Å². The highest BCUT2D eigenvalue weighted by Crippen LogP contribution is 2.15. The van der Waals surface area contributed by atoms with Crippen LogP contribution in [-0.2, 0) is 7.05 Å². The summed E-state index contributed by atoms with van der Waals surface area (Å²) in [6.07, 6.45) is 3.52. The van der Waals surface area contributed by atoms with Crippen molar-refractivity contribution in [3.05, 3.63) is 52.7 Å². The molecule has 2 N–H and O–H groups in total. The van der Waals surface area contributed by atoms with Gasteiger partial charge >= 0.3 is 5.69 Å². The van der Waals surface area contributed by atoms with Crippen LogP contribution in [0.4, 0.5) is 0 Å². The van der Waals surface area contributed by atoms with Crippen LogP contribution in [0.3, 0.4) is 0 Å². The van der Waals surface area contributed by atoms with Gasteiger partial charge in [0.05, 0.1) is 5.69 Å². The SMILES string of the molecule is CC(CN)c1ccc(-n2ccn(C)c2=O)cc1. The Balaban J connectivity index is 2.36. The van der Waals surface area contributed by atoms with Crippen molar-refractivity contribution in [2.75, 3.05) is 6.54 Å². The minimum Gasteiger partial charge on any atom is -0.330 e. The fraction of sp³-hybridized carbons (Fsp3) is 0.308. The van der Waals surface area contributed by atoms with Gasteiger partial charge < -0.3 is 10.3 Å². The lowest BCUT2D eigenvalue weighted by Crippen LogP contribution is -2.20. The van der Waals surface area contributed by atoms with Gasteiger partial charge in [-0.1, -0.05) is 19.1 Å². The Hall–Kier alpha value is -1.81. The first-order valence-electron chi connectivity index (χ1n) is 5.68. The van der Waals surface area contributed by atoms with E-state index in [1.807, 2.05) is 24.3 Å². The van der Waals surface area contributed by atoms with Gasteiger partial charge in [0.25, 0.3) is 0 Å². The van der Waals surface area contributed by atoms with Crippen LogP contribution in [0.1, 0.15) is 18.4 Å². The molecular formula is C13H17N3O. The van der Waals surface area contributed by atoms with E-state index in [1.165, 1.54) is 5.56 Å². The summed E-state index contributed by atoms with van der Waals surface area (Å²) >= 11 is 0. The van der Waals surface area contributed by atoms with E-state index in [1.54, 1.807) is 28.6 Å². The third-order valence-electron chi connectivity index (χ3n) is 3.04. The van der Waals surface area contributed by atoms with E-state index >= 15 is 0 Å². The van der Waals surface area contributed by atoms with Gasteiger partial charge in [-0.25, -0.2) is 4.79 Å². The molecule has 1 unspecified atom stereocenters. The number of rotatable bonds is 3. The van der Waals surface area contributed by atoms with Crippen LogP contribution in [-0.4, -0.2) is 15.7 Å². The van der Waals surface area contributed by atoms with Crippen molar-refractivity contribution in [1.29, 1.82) is 0 Å². The molecule has 0 amide bonds. The van der Waals surface area contributed by atoms with Gasteiger partial charge in [0, 0.05) is 19.4 Å². The molecule has 1 heterocycles. The molecule has 1 aromatic heterocycles. The van der Waals surface area contributed by atoms with E-state index in [9.17, 15) is 4.79 Å². The average molecular weight is 231 g/mol. The summed E-state index contributed by atoms with van der Waals surface area (Å²) in [6.45, 7) is 2.72. The second-order valence-electron chi connectivity index (χ2n) is 4.29. The molecule has 0 fully saturated rings. The Morgan fingerprint density at radius 1 is 1.24 bits per heavy atom. The summed E-state index contributed by atoms with van der Waals surface area (Å²) in [4.78, 5) is 11.8. The summed E-state index contributed by atoms with van der Waals surface area (Å²) in [5.74, 6) is 0.344. The second kappa shape index (κ2) is 4.59. The quantitative estimate of drug-likeness (QED) is 0.864. The topological polar surface area (TPSA) is 52.9 Å². The average Bonchev–Trinajstić information content (AvgIpc) is 2.69. The smallest absolute Gasteiger partial charge is 0.330 e. The monoisotopic (exact) mass is 231 g/mol. The summed E-state index contributed by atoms with van der Waals surface area (Å²) < 4.78 is 3.17. The van der Waals surface area contributed by atoms with Gasteiger partial charge in [0.2, 0.25) is 0 Å². The molecule has 0 aliphatic rings. The van der Waals surface area contributed by atoms with Crippen molar-refractivity contribution in [2.24, 2.45) is 12.8 Å². The third-order valence-corrected chi connectivity index (χ3v) is 3.04. The summed E-state index contributed by atoms with van der Waals surface area (Å²) in [6, 6.07) is 7.93. The highest BCUT2D eigenvalue weighted by Gasteiger charge is 2.05. The molecule has 4 heteroatoms. The maximum Gasteiger partial charge on any atom is 0.332 e. The molecule has 0 saturated carbocycles.